The molecule has 1 aromatic heterocycles. The molecule has 2 heterocycles. The fourth-order valence-electron chi connectivity index (χ4n) is 2.68. The quantitative estimate of drug-likeness (QED) is 0.784. The van der Waals surface area contributed by atoms with Gasteiger partial charge in [-0.25, -0.2) is 4.98 Å². The molecule has 116 valence electrons. The Bertz CT molecular complexity index is 519. The Balaban J connectivity index is 1.63. The van der Waals surface area contributed by atoms with Crippen molar-refractivity contribution in [1.82, 2.24) is 9.88 Å². The van der Waals surface area contributed by atoms with Gasteiger partial charge in [-0.3, -0.25) is 4.79 Å². The average molecular weight is 310 g/mol. The monoisotopic (exact) mass is 310 g/mol. The van der Waals surface area contributed by atoms with Crippen molar-refractivity contribution in [3.63, 3.8) is 0 Å². The summed E-state index contributed by atoms with van der Waals surface area (Å²) in [6.07, 6.45) is 3.71. The van der Waals surface area contributed by atoms with Crippen molar-refractivity contribution in [2.24, 2.45) is 5.92 Å². The number of hydrogen-bond acceptors (Lipinski definition) is 6. The van der Waals surface area contributed by atoms with Gasteiger partial charge in [-0.15, -0.1) is 0 Å². The fourth-order valence-corrected chi connectivity index (χ4v) is 3.61. The van der Waals surface area contributed by atoms with Gasteiger partial charge >= 0.3 is 0 Å². The second kappa shape index (κ2) is 5.81. The molecule has 2 aliphatic rings. The van der Waals surface area contributed by atoms with Crippen LogP contribution >= 0.6 is 11.3 Å². The summed E-state index contributed by atoms with van der Waals surface area (Å²) in [4.78, 5) is 19.1. The summed E-state index contributed by atoms with van der Waals surface area (Å²) in [7, 11) is 0. The van der Waals surface area contributed by atoms with E-state index in [1.807, 2.05) is 11.8 Å². The van der Waals surface area contributed by atoms with Crippen LogP contribution in [-0.2, 0) is 0 Å². The van der Waals surface area contributed by atoms with Crippen molar-refractivity contribution < 1.29 is 9.90 Å². The summed E-state index contributed by atoms with van der Waals surface area (Å²) in [5.41, 5.74) is 5.89. The number of nitrogen functional groups attached to an aromatic ring is 1. The number of carbonyl (C=O) groups is 1. The first-order valence-corrected chi connectivity index (χ1v) is 8.36. The van der Waals surface area contributed by atoms with Crippen LogP contribution in [0.5, 0.6) is 0 Å². The Kier molecular flexibility index (Phi) is 4.03. The molecule has 1 amide bonds. The van der Waals surface area contributed by atoms with Gasteiger partial charge in [0.15, 0.2) is 5.13 Å². The molecule has 3 rings (SSSR count). The van der Waals surface area contributed by atoms with Crippen LogP contribution in [0.1, 0.15) is 42.3 Å². The second-order valence-corrected chi connectivity index (χ2v) is 7.02. The highest BCUT2D eigenvalue weighted by Gasteiger charge is 2.29. The number of nitrogens with two attached hydrogens (primary N) is 1. The Morgan fingerprint density at radius 1 is 1.43 bits per heavy atom. The summed E-state index contributed by atoms with van der Waals surface area (Å²) >= 11 is 1.35. The van der Waals surface area contributed by atoms with E-state index in [0.717, 1.165) is 30.8 Å². The van der Waals surface area contributed by atoms with Crippen molar-refractivity contribution in [3.05, 3.63) is 4.88 Å². The molecule has 6 nitrogen and oxygen atoms in total. The first kappa shape index (κ1) is 14.6. The zero-order valence-corrected chi connectivity index (χ0v) is 13.0. The zero-order valence-electron chi connectivity index (χ0n) is 12.2. The van der Waals surface area contributed by atoms with E-state index in [-0.39, 0.29) is 12.0 Å². The number of nitrogens with zero attached hydrogens (tertiary/aromatic N) is 2. The van der Waals surface area contributed by atoms with Crippen LogP contribution in [0.2, 0.25) is 0 Å². The van der Waals surface area contributed by atoms with E-state index < -0.39 is 0 Å². The Morgan fingerprint density at radius 3 is 2.67 bits per heavy atom. The Labute approximate surface area is 128 Å². The predicted molar refractivity (Wildman–Crippen MR) is 83.5 cm³/mol. The smallest absolute Gasteiger partial charge is 0.267 e. The molecule has 7 heteroatoms. The van der Waals surface area contributed by atoms with Crippen LogP contribution < -0.4 is 11.1 Å². The van der Waals surface area contributed by atoms with Crippen LogP contribution in [0.4, 0.5) is 10.9 Å². The third kappa shape index (κ3) is 3.29. The minimum atomic E-state index is -0.301. The zero-order chi connectivity index (χ0) is 15.0. The molecule has 0 spiro atoms. The second-order valence-electron chi connectivity index (χ2n) is 6.02. The van der Waals surface area contributed by atoms with E-state index in [1.165, 1.54) is 11.3 Å². The molecule has 1 unspecified atom stereocenters. The largest absolute Gasteiger partial charge is 0.393 e. The maximum atomic E-state index is 12.5. The molecule has 1 atom stereocenters. The van der Waals surface area contributed by atoms with Gasteiger partial charge in [-0.2, -0.15) is 0 Å². The molecular formula is C14H22N4O2S. The Morgan fingerprint density at radius 2 is 2.10 bits per heavy atom. The molecule has 2 fully saturated rings. The number of hydrogen-bond donors (Lipinski definition) is 3. The molecule has 21 heavy (non-hydrogen) atoms. The summed E-state index contributed by atoms with van der Waals surface area (Å²) in [6.45, 7) is 3.17. The lowest BCUT2D eigenvalue weighted by Crippen LogP contribution is -2.40. The molecular weight excluding hydrogens is 288 g/mol. The van der Waals surface area contributed by atoms with Crippen molar-refractivity contribution in [2.45, 2.75) is 44.8 Å². The number of amides is 1. The summed E-state index contributed by atoms with van der Waals surface area (Å²) < 4.78 is 0. The summed E-state index contributed by atoms with van der Waals surface area (Å²) in [5.74, 6) is 0.587. The van der Waals surface area contributed by atoms with Gasteiger partial charge in [-0.1, -0.05) is 11.3 Å². The number of thiazole rings is 1. The van der Waals surface area contributed by atoms with Gasteiger partial charge in [0.25, 0.3) is 5.91 Å². The predicted octanol–water partition coefficient (Wildman–Crippen LogP) is 1.53. The highest BCUT2D eigenvalue weighted by Crippen LogP contribution is 2.32. The van der Waals surface area contributed by atoms with Gasteiger partial charge in [-0.05, 0) is 38.5 Å². The number of aliphatic hydroxyl groups is 1. The minimum Gasteiger partial charge on any atom is -0.393 e. The molecule has 1 saturated carbocycles. The van der Waals surface area contributed by atoms with Gasteiger partial charge in [0.2, 0.25) is 0 Å². The van der Waals surface area contributed by atoms with Crippen molar-refractivity contribution in [3.8, 4) is 0 Å². The van der Waals surface area contributed by atoms with Gasteiger partial charge < -0.3 is 21.1 Å². The van der Waals surface area contributed by atoms with Crippen LogP contribution in [-0.4, -0.2) is 46.1 Å². The SMILES string of the molecule is CC(O)C1CCN(C(=O)c2sc(NC3CC3)nc2N)CC1. The van der Waals surface area contributed by atoms with Crippen LogP contribution in [0.3, 0.4) is 0 Å². The minimum absolute atomic E-state index is 0.0297. The number of aromatic nitrogens is 1. The van der Waals surface area contributed by atoms with Crippen molar-refractivity contribution in [1.29, 1.82) is 0 Å². The molecule has 4 N–H and O–H groups in total. The lowest BCUT2D eigenvalue weighted by molar-refractivity contribution is 0.0525. The topological polar surface area (TPSA) is 91.5 Å². The highest BCUT2D eigenvalue weighted by molar-refractivity contribution is 7.18. The van der Waals surface area contributed by atoms with E-state index in [0.29, 0.717) is 35.7 Å². The summed E-state index contributed by atoms with van der Waals surface area (Å²) in [6, 6.07) is 0.500. The third-order valence-electron chi connectivity index (χ3n) is 4.26. The molecule has 0 aromatic carbocycles. The van der Waals surface area contributed by atoms with Crippen LogP contribution in [0, 0.1) is 5.92 Å². The normalized spacial score (nSPS) is 21.3. The molecule has 0 radical (unpaired) electrons. The maximum Gasteiger partial charge on any atom is 0.267 e. The molecule has 1 aliphatic heterocycles. The number of aliphatic hydroxyl groups excluding tert-OH is 1. The van der Waals surface area contributed by atoms with Crippen molar-refractivity contribution >= 4 is 28.2 Å². The van der Waals surface area contributed by atoms with Gasteiger partial charge in [0.05, 0.1) is 6.10 Å². The standard InChI is InChI=1S/C14H22N4O2S/c1-8(19)9-4-6-18(7-5-9)13(20)11-12(15)17-14(21-11)16-10-2-3-10/h8-10,19H,2-7,15H2,1H3,(H,16,17). The third-order valence-corrected chi connectivity index (χ3v) is 5.25. The number of nitrogens with one attached hydrogen (secondary N) is 1. The van der Waals surface area contributed by atoms with Crippen LogP contribution in [0.25, 0.3) is 0 Å². The first-order valence-electron chi connectivity index (χ1n) is 7.54. The van der Waals surface area contributed by atoms with Gasteiger partial charge in [0, 0.05) is 19.1 Å². The number of rotatable bonds is 4. The van der Waals surface area contributed by atoms with Crippen LogP contribution in [0.15, 0.2) is 0 Å². The highest BCUT2D eigenvalue weighted by atomic mass is 32.1. The van der Waals surface area contributed by atoms with E-state index in [4.69, 9.17) is 5.73 Å². The lowest BCUT2D eigenvalue weighted by Gasteiger charge is -2.33. The first-order chi connectivity index (χ1) is 10.0. The number of anilines is 2. The van der Waals surface area contributed by atoms with Crippen molar-refractivity contribution in [2.75, 3.05) is 24.1 Å². The molecule has 1 saturated heterocycles. The van der Waals surface area contributed by atoms with E-state index in [2.05, 4.69) is 10.3 Å². The number of likely N-dealkylation sites (tertiary alicyclic amines) is 1. The molecule has 1 aromatic rings. The lowest BCUT2D eigenvalue weighted by atomic mass is 9.92. The number of carbonyl (C=O) groups excluding carboxylic acids is 1. The van der Waals surface area contributed by atoms with E-state index >= 15 is 0 Å². The van der Waals surface area contributed by atoms with Gasteiger partial charge in [0.1, 0.15) is 10.7 Å². The molecule has 0 bridgehead atoms. The Hall–Kier alpha value is -1.34. The van der Waals surface area contributed by atoms with E-state index in [1.54, 1.807) is 0 Å². The molecule has 1 aliphatic carbocycles. The number of piperidine rings is 1. The fraction of sp³-hybridized carbons (Fsp3) is 0.714. The summed E-state index contributed by atoms with van der Waals surface area (Å²) in [5, 5.41) is 13.6. The average Bonchev–Trinajstić information content (AvgIpc) is 3.20. The maximum absolute atomic E-state index is 12.5. The van der Waals surface area contributed by atoms with E-state index in [9.17, 15) is 9.90 Å².